The highest BCUT2D eigenvalue weighted by Crippen LogP contribution is 2.11. The van der Waals surface area contributed by atoms with Crippen LogP contribution in [0.3, 0.4) is 0 Å². The highest BCUT2D eigenvalue weighted by molar-refractivity contribution is 5.94. The van der Waals surface area contributed by atoms with Crippen molar-refractivity contribution in [2.75, 3.05) is 13.1 Å². The SMILES string of the molecule is CCC(C)C(NC(=O)C(CCCCN)NC(=O)C(N)CCCCN)C(=O)NC(CCC(=O)O)C(=O)O. The van der Waals surface area contributed by atoms with Gasteiger partial charge < -0.3 is 43.4 Å². The molecular formula is C23H44N6O7. The molecule has 0 saturated carbocycles. The fraction of sp³-hybridized carbons (Fsp3) is 0.783. The molecule has 5 atom stereocenters. The van der Waals surface area contributed by atoms with Gasteiger partial charge in [-0.3, -0.25) is 19.2 Å². The van der Waals surface area contributed by atoms with Crippen molar-refractivity contribution in [1.29, 1.82) is 0 Å². The molecule has 0 aliphatic carbocycles. The zero-order valence-corrected chi connectivity index (χ0v) is 21.3. The second-order valence-corrected chi connectivity index (χ2v) is 8.94. The number of unbranched alkanes of at least 4 members (excludes halogenated alkanes) is 2. The molecule has 0 radical (unpaired) electrons. The Hall–Kier alpha value is -2.77. The number of amides is 3. The molecule has 3 amide bonds. The lowest BCUT2D eigenvalue weighted by atomic mass is 9.96. The molecule has 0 aromatic heterocycles. The van der Waals surface area contributed by atoms with Crippen molar-refractivity contribution < 1.29 is 34.2 Å². The van der Waals surface area contributed by atoms with Gasteiger partial charge in [0.25, 0.3) is 0 Å². The van der Waals surface area contributed by atoms with E-state index in [0.717, 1.165) is 6.42 Å². The maximum atomic E-state index is 13.1. The second-order valence-electron chi connectivity index (χ2n) is 8.94. The van der Waals surface area contributed by atoms with Gasteiger partial charge in [0.05, 0.1) is 6.04 Å². The number of rotatable bonds is 20. The van der Waals surface area contributed by atoms with Crippen LogP contribution in [0.5, 0.6) is 0 Å². The van der Waals surface area contributed by atoms with Gasteiger partial charge in [-0.05, 0) is 57.5 Å². The van der Waals surface area contributed by atoms with Gasteiger partial charge in [-0.2, -0.15) is 0 Å². The molecule has 0 fully saturated rings. The van der Waals surface area contributed by atoms with E-state index in [-0.39, 0.29) is 18.8 Å². The van der Waals surface area contributed by atoms with Crippen LogP contribution in [0.4, 0.5) is 0 Å². The van der Waals surface area contributed by atoms with Crippen molar-refractivity contribution >= 4 is 29.7 Å². The molecule has 0 spiro atoms. The average Bonchev–Trinajstić information content (AvgIpc) is 2.83. The van der Waals surface area contributed by atoms with Crippen LogP contribution in [0.15, 0.2) is 0 Å². The highest BCUT2D eigenvalue weighted by atomic mass is 16.4. The van der Waals surface area contributed by atoms with Crippen LogP contribution >= 0.6 is 0 Å². The molecule has 13 heteroatoms. The van der Waals surface area contributed by atoms with Gasteiger partial charge in [-0.1, -0.05) is 26.7 Å². The molecule has 208 valence electrons. The Morgan fingerprint density at radius 3 is 1.81 bits per heavy atom. The van der Waals surface area contributed by atoms with E-state index in [1.807, 2.05) is 0 Å². The number of carboxylic acids is 2. The number of hydrogen-bond acceptors (Lipinski definition) is 8. The first-order valence-corrected chi connectivity index (χ1v) is 12.5. The van der Waals surface area contributed by atoms with Crippen molar-refractivity contribution in [2.45, 2.75) is 95.8 Å². The topological polar surface area (TPSA) is 240 Å². The number of carbonyl (C=O) groups excluding carboxylic acids is 3. The van der Waals surface area contributed by atoms with Crippen molar-refractivity contribution in [1.82, 2.24) is 16.0 Å². The average molecular weight is 517 g/mol. The van der Waals surface area contributed by atoms with E-state index in [0.29, 0.717) is 45.2 Å². The standard InChI is InChI=1S/C23H44N6O7/c1-3-14(2)19(22(34)28-17(23(35)36)10-11-18(30)31)29-21(33)16(9-5-7-13-25)27-20(32)15(26)8-4-6-12-24/h14-17,19H,3-13,24-26H2,1-2H3,(H,27,32)(H,28,34)(H,29,33)(H,30,31)(H,35,36). The molecule has 0 aromatic carbocycles. The molecule has 0 rings (SSSR count). The molecule has 0 aromatic rings. The minimum atomic E-state index is -1.43. The van der Waals surface area contributed by atoms with E-state index in [4.69, 9.17) is 22.3 Å². The molecule has 0 bridgehead atoms. The van der Waals surface area contributed by atoms with Crippen molar-refractivity contribution in [2.24, 2.45) is 23.1 Å². The fourth-order valence-electron chi connectivity index (χ4n) is 3.42. The van der Waals surface area contributed by atoms with Gasteiger partial charge in [0, 0.05) is 6.42 Å². The van der Waals surface area contributed by atoms with E-state index in [1.54, 1.807) is 13.8 Å². The summed E-state index contributed by atoms with van der Waals surface area (Å²) in [5.41, 5.74) is 17.0. The lowest BCUT2D eigenvalue weighted by molar-refractivity contribution is -0.143. The number of nitrogens with one attached hydrogen (secondary N) is 3. The minimum Gasteiger partial charge on any atom is -0.481 e. The van der Waals surface area contributed by atoms with Crippen molar-refractivity contribution in [3.05, 3.63) is 0 Å². The molecule has 0 aliphatic rings. The second kappa shape index (κ2) is 18.5. The van der Waals surface area contributed by atoms with Crippen LogP contribution in [0, 0.1) is 5.92 Å². The quantitative estimate of drug-likeness (QED) is 0.0919. The lowest BCUT2D eigenvalue weighted by Gasteiger charge is -2.28. The van der Waals surface area contributed by atoms with Gasteiger partial charge in [-0.25, -0.2) is 4.79 Å². The molecule has 5 unspecified atom stereocenters. The predicted octanol–water partition coefficient (Wildman–Crippen LogP) is -0.978. The number of aliphatic carboxylic acids is 2. The molecule has 11 N–H and O–H groups in total. The predicted molar refractivity (Wildman–Crippen MR) is 134 cm³/mol. The zero-order valence-electron chi connectivity index (χ0n) is 21.3. The Balaban J connectivity index is 5.50. The first-order valence-electron chi connectivity index (χ1n) is 12.5. The summed E-state index contributed by atoms with van der Waals surface area (Å²) in [6, 6.07) is -4.31. The summed E-state index contributed by atoms with van der Waals surface area (Å²) in [5, 5.41) is 25.8. The third-order valence-corrected chi connectivity index (χ3v) is 5.94. The van der Waals surface area contributed by atoms with E-state index in [9.17, 15) is 29.1 Å². The zero-order chi connectivity index (χ0) is 27.7. The monoisotopic (exact) mass is 516 g/mol. The summed E-state index contributed by atoms with van der Waals surface area (Å²) in [4.78, 5) is 61.0. The lowest BCUT2D eigenvalue weighted by Crippen LogP contribution is -2.58. The number of carboxylic acid groups (broad SMARTS) is 2. The molecule has 13 nitrogen and oxygen atoms in total. The van der Waals surface area contributed by atoms with Crippen LogP contribution in [0.1, 0.15) is 71.6 Å². The van der Waals surface area contributed by atoms with E-state index < -0.39 is 60.2 Å². The Morgan fingerprint density at radius 2 is 1.31 bits per heavy atom. The third-order valence-electron chi connectivity index (χ3n) is 5.94. The Bertz CT molecular complexity index is 721. The summed E-state index contributed by atoms with van der Waals surface area (Å²) in [6.45, 7) is 4.41. The third kappa shape index (κ3) is 13.4. The summed E-state index contributed by atoms with van der Waals surface area (Å²) in [6.07, 6.45) is 2.97. The summed E-state index contributed by atoms with van der Waals surface area (Å²) in [7, 11) is 0. The van der Waals surface area contributed by atoms with E-state index in [1.165, 1.54) is 0 Å². The molecule has 0 heterocycles. The smallest absolute Gasteiger partial charge is 0.326 e. The van der Waals surface area contributed by atoms with Gasteiger partial charge in [0.15, 0.2) is 0 Å². The minimum absolute atomic E-state index is 0.273. The van der Waals surface area contributed by atoms with Crippen molar-refractivity contribution in [3.8, 4) is 0 Å². The van der Waals surface area contributed by atoms with Crippen LogP contribution in [0.25, 0.3) is 0 Å². The number of carbonyl (C=O) groups is 5. The molecule has 0 aliphatic heterocycles. The van der Waals surface area contributed by atoms with Crippen molar-refractivity contribution in [3.63, 3.8) is 0 Å². The van der Waals surface area contributed by atoms with Gasteiger partial charge >= 0.3 is 11.9 Å². The normalized spacial score (nSPS) is 15.1. The van der Waals surface area contributed by atoms with E-state index in [2.05, 4.69) is 16.0 Å². The number of hydrogen-bond donors (Lipinski definition) is 8. The molecule has 36 heavy (non-hydrogen) atoms. The Kier molecular flexibility index (Phi) is 17.1. The van der Waals surface area contributed by atoms with Crippen LogP contribution in [0.2, 0.25) is 0 Å². The highest BCUT2D eigenvalue weighted by Gasteiger charge is 2.32. The first kappa shape index (κ1) is 33.2. The van der Waals surface area contributed by atoms with Gasteiger partial charge in [-0.15, -0.1) is 0 Å². The maximum absolute atomic E-state index is 13.1. The Labute approximate surface area is 212 Å². The largest absolute Gasteiger partial charge is 0.481 e. The first-order chi connectivity index (χ1) is 17.0. The Morgan fingerprint density at radius 1 is 0.750 bits per heavy atom. The van der Waals surface area contributed by atoms with E-state index >= 15 is 0 Å². The van der Waals surface area contributed by atoms with Crippen LogP contribution in [-0.2, 0) is 24.0 Å². The van der Waals surface area contributed by atoms with Crippen LogP contribution in [-0.4, -0.2) is 77.1 Å². The van der Waals surface area contributed by atoms with Gasteiger partial charge in [0.1, 0.15) is 18.1 Å². The molecular weight excluding hydrogens is 472 g/mol. The number of nitrogens with two attached hydrogens (primary N) is 3. The summed E-state index contributed by atoms with van der Waals surface area (Å²) >= 11 is 0. The van der Waals surface area contributed by atoms with Crippen LogP contribution < -0.4 is 33.2 Å². The molecule has 0 saturated heterocycles. The summed E-state index contributed by atoms with van der Waals surface area (Å²) in [5.74, 6) is -4.80. The maximum Gasteiger partial charge on any atom is 0.326 e. The fourth-order valence-corrected chi connectivity index (χ4v) is 3.42. The summed E-state index contributed by atoms with van der Waals surface area (Å²) < 4.78 is 0. The van der Waals surface area contributed by atoms with Gasteiger partial charge in [0.2, 0.25) is 17.7 Å².